The van der Waals surface area contributed by atoms with Gasteiger partial charge in [-0.1, -0.05) is 50.6 Å². The van der Waals surface area contributed by atoms with Crippen molar-refractivity contribution in [1.29, 1.82) is 0 Å². The third-order valence-electron chi connectivity index (χ3n) is 7.82. The molecule has 0 aliphatic carbocycles. The second-order valence-electron chi connectivity index (χ2n) is 11.3. The Hall–Kier alpha value is -5.11. The third-order valence-corrected chi connectivity index (χ3v) is 7.82. The number of phenols is 1. The number of guanidine groups is 1. The van der Waals surface area contributed by atoms with Crippen LogP contribution in [0.4, 0.5) is 0 Å². The topological polar surface area (TPSA) is 251 Å². The standard InChI is InChI=1S/C32H44N8O6/c1-3-18(2)27(40-28(42)23(33)8-6-14-36-32(34)35)30(44)38-25(16-20-17-37-24-9-5-4-7-22(20)24)29(43)39-26(31(45)46)15-19-10-12-21(41)13-11-19/h4-5,7,9-13,17-18,23,25-27,37,41H,3,6,8,14-16,33H2,1-2H3,(H,38,44)(H,39,43)(H,40,42)(H,45,46)(H4,34,35,36). The Kier molecular flexibility index (Phi) is 12.9. The van der Waals surface area contributed by atoms with Gasteiger partial charge in [0.1, 0.15) is 23.9 Å². The molecule has 3 rings (SSSR count). The summed E-state index contributed by atoms with van der Waals surface area (Å²) in [6, 6.07) is 8.99. The number of carbonyl (C=O) groups excluding carboxylic acids is 3. The minimum absolute atomic E-state index is 0.0241. The van der Waals surface area contributed by atoms with E-state index in [-0.39, 0.29) is 36.9 Å². The van der Waals surface area contributed by atoms with Crippen molar-refractivity contribution >= 4 is 40.6 Å². The molecule has 0 aliphatic rings. The molecule has 14 nitrogen and oxygen atoms in total. The molecular formula is C32H44N8O6. The van der Waals surface area contributed by atoms with E-state index in [1.54, 1.807) is 25.3 Å². The number of aromatic nitrogens is 1. The number of nitrogens with one attached hydrogen (secondary N) is 4. The third kappa shape index (κ3) is 10.2. The fraction of sp³-hybridized carbons (Fsp3) is 0.406. The lowest BCUT2D eigenvalue weighted by Gasteiger charge is -2.28. The lowest BCUT2D eigenvalue weighted by atomic mass is 9.96. The van der Waals surface area contributed by atoms with E-state index in [1.165, 1.54) is 12.1 Å². The summed E-state index contributed by atoms with van der Waals surface area (Å²) in [5.41, 5.74) is 18.9. The molecule has 12 N–H and O–H groups in total. The smallest absolute Gasteiger partial charge is 0.326 e. The van der Waals surface area contributed by atoms with E-state index in [9.17, 15) is 29.4 Å². The molecular weight excluding hydrogens is 592 g/mol. The summed E-state index contributed by atoms with van der Waals surface area (Å²) in [6.07, 6.45) is 2.98. The van der Waals surface area contributed by atoms with Gasteiger partial charge in [0.2, 0.25) is 17.7 Å². The SMILES string of the molecule is CCC(C)C(NC(=O)C(N)CCCN=C(N)N)C(=O)NC(Cc1c[nH]c2ccccc12)C(=O)NC(Cc1ccc(O)cc1)C(=O)O. The number of aromatic hydroxyl groups is 1. The van der Waals surface area contributed by atoms with Crippen molar-refractivity contribution in [1.82, 2.24) is 20.9 Å². The van der Waals surface area contributed by atoms with Crippen molar-refractivity contribution in [2.75, 3.05) is 6.54 Å². The molecule has 0 fully saturated rings. The lowest BCUT2D eigenvalue weighted by Crippen LogP contribution is -2.59. The van der Waals surface area contributed by atoms with Crippen molar-refractivity contribution in [3.05, 3.63) is 65.9 Å². The molecule has 14 heteroatoms. The lowest BCUT2D eigenvalue weighted by molar-refractivity contribution is -0.142. The van der Waals surface area contributed by atoms with Gasteiger partial charge >= 0.3 is 5.97 Å². The van der Waals surface area contributed by atoms with Gasteiger partial charge in [-0.25, -0.2) is 4.79 Å². The van der Waals surface area contributed by atoms with Gasteiger partial charge in [-0.3, -0.25) is 19.4 Å². The van der Waals surface area contributed by atoms with Crippen LogP contribution in [0.5, 0.6) is 5.75 Å². The van der Waals surface area contributed by atoms with Crippen LogP contribution in [0, 0.1) is 5.92 Å². The Morgan fingerprint density at radius 1 is 0.913 bits per heavy atom. The Balaban J connectivity index is 1.82. The average Bonchev–Trinajstić information content (AvgIpc) is 3.44. The molecule has 46 heavy (non-hydrogen) atoms. The van der Waals surface area contributed by atoms with Crippen LogP contribution < -0.4 is 33.2 Å². The van der Waals surface area contributed by atoms with Crippen LogP contribution in [0.2, 0.25) is 0 Å². The zero-order valence-electron chi connectivity index (χ0n) is 26.0. The molecule has 0 saturated carbocycles. The van der Waals surface area contributed by atoms with E-state index in [2.05, 4.69) is 25.9 Å². The number of hydrogen-bond acceptors (Lipinski definition) is 7. The molecule has 3 amide bonds. The van der Waals surface area contributed by atoms with E-state index in [1.807, 2.05) is 31.2 Å². The van der Waals surface area contributed by atoms with Crippen molar-refractivity contribution < 1.29 is 29.4 Å². The maximum atomic E-state index is 13.7. The quantitative estimate of drug-likeness (QED) is 0.0571. The van der Waals surface area contributed by atoms with Crippen molar-refractivity contribution in [3.8, 4) is 5.75 Å². The van der Waals surface area contributed by atoms with E-state index >= 15 is 0 Å². The van der Waals surface area contributed by atoms with E-state index in [0.717, 1.165) is 16.5 Å². The number of carboxylic acid groups (broad SMARTS) is 1. The van der Waals surface area contributed by atoms with Gasteiger partial charge in [-0.2, -0.15) is 0 Å². The summed E-state index contributed by atoms with van der Waals surface area (Å²) < 4.78 is 0. The van der Waals surface area contributed by atoms with Crippen LogP contribution in [0.1, 0.15) is 44.2 Å². The molecule has 248 valence electrons. The predicted octanol–water partition coefficient (Wildman–Crippen LogP) is 0.625. The molecule has 0 spiro atoms. The van der Waals surface area contributed by atoms with Gasteiger partial charge in [0.05, 0.1) is 6.04 Å². The molecule has 1 heterocycles. The number of H-pyrrole nitrogens is 1. The Morgan fingerprint density at radius 2 is 1.59 bits per heavy atom. The molecule has 2 aromatic carbocycles. The number of nitrogens with zero attached hydrogens (tertiary/aromatic N) is 1. The Labute approximate surface area is 267 Å². The molecule has 0 bridgehead atoms. The Bertz CT molecular complexity index is 1520. The number of phenolic OH excluding ortho intramolecular Hbond substituents is 1. The number of hydrogen-bond donors (Lipinski definition) is 9. The fourth-order valence-corrected chi connectivity index (χ4v) is 4.94. The maximum Gasteiger partial charge on any atom is 0.326 e. The Morgan fingerprint density at radius 3 is 2.24 bits per heavy atom. The zero-order valence-corrected chi connectivity index (χ0v) is 26.0. The fourth-order valence-electron chi connectivity index (χ4n) is 4.94. The molecule has 0 aliphatic heterocycles. The van der Waals surface area contributed by atoms with Crippen LogP contribution in [-0.2, 0) is 32.0 Å². The molecule has 5 unspecified atom stereocenters. The summed E-state index contributed by atoms with van der Waals surface area (Å²) in [4.78, 5) is 59.6. The van der Waals surface area contributed by atoms with E-state index in [4.69, 9.17) is 17.2 Å². The van der Waals surface area contributed by atoms with Crippen LogP contribution in [0.25, 0.3) is 10.9 Å². The average molecular weight is 637 g/mol. The van der Waals surface area contributed by atoms with Crippen LogP contribution in [0.15, 0.2) is 59.7 Å². The van der Waals surface area contributed by atoms with Crippen molar-refractivity contribution in [2.24, 2.45) is 28.1 Å². The number of para-hydroxylation sites is 1. The van der Waals surface area contributed by atoms with Crippen LogP contribution in [-0.4, -0.2) is 75.6 Å². The summed E-state index contributed by atoms with van der Waals surface area (Å²) in [7, 11) is 0. The van der Waals surface area contributed by atoms with Crippen molar-refractivity contribution in [2.45, 2.75) is 70.1 Å². The second-order valence-corrected chi connectivity index (χ2v) is 11.3. The molecule has 3 aromatic rings. The largest absolute Gasteiger partial charge is 0.508 e. The minimum atomic E-state index is -1.32. The highest BCUT2D eigenvalue weighted by molar-refractivity contribution is 5.95. The predicted molar refractivity (Wildman–Crippen MR) is 175 cm³/mol. The minimum Gasteiger partial charge on any atom is -0.508 e. The van der Waals surface area contributed by atoms with Gasteiger partial charge in [0, 0.05) is 36.5 Å². The first-order chi connectivity index (χ1) is 21.9. The van der Waals surface area contributed by atoms with E-state index in [0.29, 0.717) is 24.9 Å². The number of aromatic amines is 1. The first kappa shape index (κ1) is 35.4. The number of rotatable bonds is 17. The summed E-state index contributed by atoms with van der Waals surface area (Å²) in [5.74, 6) is -3.49. The summed E-state index contributed by atoms with van der Waals surface area (Å²) in [5, 5.41) is 28.4. The maximum absolute atomic E-state index is 13.7. The van der Waals surface area contributed by atoms with Gasteiger partial charge < -0.3 is 48.3 Å². The molecule has 1 aromatic heterocycles. The summed E-state index contributed by atoms with van der Waals surface area (Å²) >= 11 is 0. The number of benzene rings is 2. The number of fused-ring (bicyclic) bond motifs is 1. The highest BCUT2D eigenvalue weighted by Crippen LogP contribution is 2.20. The van der Waals surface area contributed by atoms with Gasteiger partial charge in [0.15, 0.2) is 5.96 Å². The van der Waals surface area contributed by atoms with Gasteiger partial charge in [0.25, 0.3) is 0 Å². The normalized spacial score (nSPS) is 14.3. The highest BCUT2D eigenvalue weighted by Gasteiger charge is 2.33. The molecule has 0 radical (unpaired) electrons. The number of nitrogens with two attached hydrogens (primary N) is 3. The summed E-state index contributed by atoms with van der Waals surface area (Å²) in [6.45, 7) is 3.96. The van der Waals surface area contributed by atoms with Gasteiger partial charge in [-0.05, 0) is 48.1 Å². The second kappa shape index (κ2) is 16.8. The molecule has 0 saturated heterocycles. The molecule has 5 atom stereocenters. The highest BCUT2D eigenvalue weighted by atomic mass is 16.4. The number of carboxylic acids is 1. The number of carbonyl (C=O) groups is 4. The van der Waals surface area contributed by atoms with E-state index < -0.39 is 47.9 Å². The van der Waals surface area contributed by atoms with Gasteiger partial charge in [-0.15, -0.1) is 0 Å². The van der Waals surface area contributed by atoms with Crippen LogP contribution in [0.3, 0.4) is 0 Å². The van der Waals surface area contributed by atoms with Crippen LogP contribution >= 0.6 is 0 Å². The first-order valence-corrected chi connectivity index (χ1v) is 15.2. The number of amides is 3. The zero-order chi connectivity index (χ0) is 33.8. The first-order valence-electron chi connectivity index (χ1n) is 15.2. The number of aliphatic imine (C=N–C) groups is 1. The monoisotopic (exact) mass is 636 g/mol. The number of aliphatic carboxylic acids is 1. The van der Waals surface area contributed by atoms with Crippen molar-refractivity contribution in [3.63, 3.8) is 0 Å².